The third-order valence-corrected chi connectivity index (χ3v) is 8.73. The van der Waals surface area contributed by atoms with Crippen LogP contribution in [-0.2, 0) is 38.2 Å². The Balaban J connectivity index is 1.31. The topological polar surface area (TPSA) is 144 Å². The van der Waals surface area contributed by atoms with Crippen molar-refractivity contribution in [3.63, 3.8) is 0 Å². The Morgan fingerprint density at radius 3 is 2.44 bits per heavy atom. The van der Waals surface area contributed by atoms with Gasteiger partial charge in [-0.2, -0.15) is 0 Å². The first-order valence-electron chi connectivity index (χ1n) is 15.4. The fourth-order valence-electron chi connectivity index (χ4n) is 6.01. The van der Waals surface area contributed by atoms with Gasteiger partial charge in [0.05, 0.1) is 36.9 Å². The van der Waals surface area contributed by atoms with E-state index in [1.165, 1.54) is 0 Å². The van der Waals surface area contributed by atoms with E-state index in [2.05, 4.69) is 18.3 Å². The summed E-state index contributed by atoms with van der Waals surface area (Å²) in [5.74, 6) is -1.38. The number of ether oxygens (including phenoxy) is 3. The van der Waals surface area contributed by atoms with E-state index in [4.69, 9.17) is 19.0 Å². The number of allylic oxidation sites excluding steroid dienone is 3. The van der Waals surface area contributed by atoms with Gasteiger partial charge in [-0.1, -0.05) is 50.6 Å². The van der Waals surface area contributed by atoms with Crippen molar-refractivity contribution in [1.29, 1.82) is 0 Å². The van der Waals surface area contributed by atoms with Crippen LogP contribution < -0.4 is 5.32 Å². The van der Waals surface area contributed by atoms with E-state index < -0.39 is 41.7 Å². The molecule has 238 valence electrons. The van der Waals surface area contributed by atoms with Crippen LogP contribution in [0.2, 0.25) is 0 Å². The zero-order chi connectivity index (χ0) is 31.5. The van der Waals surface area contributed by atoms with E-state index in [1.807, 2.05) is 46.8 Å². The minimum absolute atomic E-state index is 0.00275. The number of epoxide rings is 1. The van der Waals surface area contributed by atoms with Gasteiger partial charge in [0.1, 0.15) is 17.8 Å². The number of rotatable bonds is 10. The number of hydroxylamine groups is 2. The maximum Gasteiger partial charge on any atom is 0.335 e. The predicted molar refractivity (Wildman–Crippen MR) is 156 cm³/mol. The maximum absolute atomic E-state index is 12.5. The van der Waals surface area contributed by atoms with Crippen molar-refractivity contribution >= 4 is 23.7 Å². The van der Waals surface area contributed by atoms with Gasteiger partial charge in [-0.05, 0) is 51.5 Å². The summed E-state index contributed by atoms with van der Waals surface area (Å²) in [5.41, 5.74) is 0.132. The van der Waals surface area contributed by atoms with Crippen molar-refractivity contribution in [3.05, 3.63) is 36.0 Å². The Bertz CT molecular complexity index is 1150. The van der Waals surface area contributed by atoms with Gasteiger partial charge in [0.25, 0.3) is 11.8 Å². The molecule has 43 heavy (non-hydrogen) atoms. The standard InChI is InChI=1S/C32H46N2O9/c1-18(2)7-12-27(35)33-24-15-20(4)25(40-21(24)5)10-8-19(3)9-11-26-31(39)32(22(6)42-32)17-23(41-26)16-30(38)43-34-28(36)13-14-29(34)37/h7-9,11-12,18,20-26,31,39H,10,13-17H2,1-6H3,(H,33,35)/b11-9+,12-7-,19-8+/t20?,21?,22?,23-,24?,25?,26?,31?,32?/m1/s1. The first-order chi connectivity index (χ1) is 20.3. The lowest BCUT2D eigenvalue weighted by Crippen LogP contribution is -2.51. The predicted octanol–water partition coefficient (Wildman–Crippen LogP) is 3.06. The first kappa shape index (κ1) is 33.0. The molecular weight excluding hydrogens is 556 g/mol. The molecule has 4 fully saturated rings. The number of nitrogens with zero attached hydrogens (tertiary/aromatic N) is 1. The van der Waals surface area contributed by atoms with Crippen LogP contribution in [0, 0.1) is 11.8 Å². The average Bonchev–Trinajstić information content (AvgIpc) is 3.48. The van der Waals surface area contributed by atoms with Gasteiger partial charge in [0.15, 0.2) is 0 Å². The summed E-state index contributed by atoms with van der Waals surface area (Å²) in [4.78, 5) is 53.4. The fraction of sp³-hybridized carbons (Fsp3) is 0.688. The van der Waals surface area contributed by atoms with Crippen molar-refractivity contribution in [2.45, 2.75) is 128 Å². The number of hydrogen-bond donors (Lipinski definition) is 2. The number of aliphatic hydroxyl groups excluding tert-OH is 1. The molecule has 0 aromatic rings. The molecule has 1 spiro atoms. The molecule has 2 N–H and O–H groups in total. The highest BCUT2D eigenvalue weighted by Gasteiger charge is 2.64. The van der Waals surface area contributed by atoms with Crippen LogP contribution in [-0.4, -0.2) is 82.1 Å². The Morgan fingerprint density at radius 2 is 1.81 bits per heavy atom. The van der Waals surface area contributed by atoms with E-state index in [0.29, 0.717) is 17.4 Å². The lowest BCUT2D eigenvalue weighted by molar-refractivity contribution is -0.202. The van der Waals surface area contributed by atoms with Gasteiger partial charge in [-0.15, -0.1) is 5.06 Å². The third kappa shape index (κ3) is 8.20. The Hall–Kier alpha value is -2.86. The molecule has 8 unspecified atom stereocenters. The first-order valence-corrected chi connectivity index (χ1v) is 15.4. The zero-order valence-electron chi connectivity index (χ0n) is 26.0. The fourth-order valence-corrected chi connectivity index (χ4v) is 6.01. The molecule has 3 amide bonds. The number of nitrogens with one attached hydrogen (secondary N) is 1. The average molecular weight is 603 g/mol. The summed E-state index contributed by atoms with van der Waals surface area (Å²) in [6, 6.07) is -0.0496. The molecule has 4 heterocycles. The lowest BCUT2D eigenvalue weighted by Gasteiger charge is -2.39. The van der Waals surface area contributed by atoms with Gasteiger partial charge in [-0.3, -0.25) is 14.4 Å². The number of imide groups is 1. The molecule has 11 nitrogen and oxygen atoms in total. The molecule has 0 aliphatic carbocycles. The van der Waals surface area contributed by atoms with E-state index in [1.54, 1.807) is 12.2 Å². The molecule has 11 heteroatoms. The minimum atomic E-state index is -0.925. The van der Waals surface area contributed by atoms with Gasteiger partial charge in [0.2, 0.25) is 5.91 Å². The largest absolute Gasteiger partial charge is 0.387 e. The monoisotopic (exact) mass is 602 g/mol. The SMILES string of the molecule is CC(/C=C/C1O[C@H](CC(=O)ON2C(=O)CCC2=O)CC2(OC2C)C1O)=C\CC1OC(C)C(NC(=O)/C=C\C(C)C)CC1C. The van der Waals surface area contributed by atoms with E-state index in [-0.39, 0.29) is 61.9 Å². The molecule has 0 saturated carbocycles. The van der Waals surface area contributed by atoms with Crippen LogP contribution >= 0.6 is 0 Å². The smallest absolute Gasteiger partial charge is 0.335 e. The van der Waals surface area contributed by atoms with Gasteiger partial charge in [-0.25, -0.2) is 4.79 Å². The highest BCUT2D eigenvalue weighted by Crippen LogP contribution is 2.49. The Labute approximate surface area is 253 Å². The molecule has 0 bridgehead atoms. The summed E-state index contributed by atoms with van der Waals surface area (Å²) < 4.78 is 18.1. The van der Waals surface area contributed by atoms with Crippen molar-refractivity contribution in [1.82, 2.24) is 10.4 Å². The summed E-state index contributed by atoms with van der Waals surface area (Å²) in [6.45, 7) is 12.0. The quantitative estimate of drug-likeness (QED) is 0.167. The lowest BCUT2D eigenvalue weighted by atomic mass is 9.84. The second-order valence-electron chi connectivity index (χ2n) is 12.7. The van der Waals surface area contributed by atoms with Gasteiger partial charge < -0.3 is 29.5 Å². The van der Waals surface area contributed by atoms with Crippen molar-refractivity contribution in [2.24, 2.45) is 11.8 Å². The number of carbonyl (C=O) groups is 4. The second kappa shape index (κ2) is 13.8. The Morgan fingerprint density at radius 1 is 1.14 bits per heavy atom. The van der Waals surface area contributed by atoms with E-state index in [0.717, 1.165) is 12.0 Å². The highest BCUT2D eigenvalue weighted by atomic mass is 16.7. The molecule has 4 saturated heterocycles. The molecule has 4 aliphatic rings. The summed E-state index contributed by atoms with van der Waals surface area (Å²) in [7, 11) is 0. The second-order valence-corrected chi connectivity index (χ2v) is 12.7. The Kier molecular flexibility index (Phi) is 10.6. The normalized spacial score (nSPS) is 36.7. The molecular formula is C32H46N2O9. The molecule has 4 rings (SSSR count). The van der Waals surface area contributed by atoms with Gasteiger partial charge >= 0.3 is 5.97 Å². The maximum atomic E-state index is 12.5. The third-order valence-electron chi connectivity index (χ3n) is 8.73. The van der Waals surface area contributed by atoms with E-state index in [9.17, 15) is 24.3 Å². The van der Waals surface area contributed by atoms with Crippen LogP contribution in [0.1, 0.15) is 80.1 Å². The number of carbonyl (C=O) groups excluding carboxylic acids is 4. The number of aliphatic hydroxyl groups is 1. The minimum Gasteiger partial charge on any atom is -0.387 e. The molecule has 4 aliphatic heterocycles. The highest BCUT2D eigenvalue weighted by molar-refractivity contribution is 6.01. The summed E-state index contributed by atoms with van der Waals surface area (Å²) in [5, 5.41) is 14.6. The number of hydrogen-bond acceptors (Lipinski definition) is 9. The summed E-state index contributed by atoms with van der Waals surface area (Å²) in [6.07, 6.45) is 8.24. The van der Waals surface area contributed by atoms with Crippen molar-refractivity contribution < 1.29 is 43.3 Å². The molecule has 0 radical (unpaired) electrons. The van der Waals surface area contributed by atoms with Crippen LogP contribution in [0.15, 0.2) is 36.0 Å². The summed E-state index contributed by atoms with van der Waals surface area (Å²) >= 11 is 0. The zero-order valence-corrected chi connectivity index (χ0v) is 26.0. The van der Waals surface area contributed by atoms with E-state index >= 15 is 0 Å². The molecule has 0 aromatic heterocycles. The van der Waals surface area contributed by atoms with Crippen LogP contribution in [0.5, 0.6) is 0 Å². The number of amides is 3. The van der Waals surface area contributed by atoms with Crippen molar-refractivity contribution in [3.8, 4) is 0 Å². The van der Waals surface area contributed by atoms with Crippen LogP contribution in [0.25, 0.3) is 0 Å². The molecule has 9 atom stereocenters. The molecule has 0 aromatic carbocycles. The van der Waals surface area contributed by atoms with Crippen molar-refractivity contribution in [2.75, 3.05) is 0 Å². The van der Waals surface area contributed by atoms with Crippen LogP contribution in [0.4, 0.5) is 0 Å². The van der Waals surface area contributed by atoms with Gasteiger partial charge in [0, 0.05) is 19.3 Å². The van der Waals surface area contributed by atoms with Crippen LogP contribution in [0.3, 0.4) is 0 Å².